The van der Waals surface area contributed by atoms with E-state index in [1.54, 1.807) is 11.3 Å². The number of hydrogen-bond donors (Lipinski definition) is 1. The predicted octanol–water partition coefficient (Wildman–Crippen LogP) is 3.64. The minimum absolute atomic E-state index is 0.459. The maximum atomic E-state index is 3.38. The maximum Gasteiger partial charge on any atom is 0.0320 e. The van der Waals surface area contributed by atoms with Crippen molar-refractivity contribution in [1.82, 2.24) is 5.32 Å². The molecule has 1 atom stereocenters. The number of benzene rings is 1. The molecule has 1 nitrogen and oxygen atoms in total. The summed E-state index contributed by atoms with van der Waals surface area (Å²) >= 11 is 1.77. The number of thiophene rings is 1. The van der Waals surface area contributed by atoms with Crippen LogP contribution in [0.5, 0.6) is 0 Å². The molecule has 1 aromatic heterocycles. The van der Waals surface area contributed by atoms with Gasteiger partial charge in [0.15, 0.2) is 0 Å². The van der Waals surface area contributed by atoms with E-state index in [1.165, 1.54) is 11.1 Å². The lowest BCUT2D eigenvalue weighted by molar-refractivity contribution is 0.549. The van der Waals surface area contributed by atoms with E-state index in [0.29, 0.717) is 6.04 Å². The van der Waals surface area contributed by atoms with E-state index in [0.717, 1.165) is 12.8 Å². The zero-order valence-electron chi connectivity index (χ0n) is 9.52. The molecular formula is C14H17NS. The summed E-state index contributed by atoms with van der Waals surface area (Å²) in [5.74, 6) is 0. The number of aryl methyl sites for hydroxylation is 1. The summed E-state index contributed by atoms with van der Waals surface area (Å²) in [7, 11) is 2.03. The summed E-state index contributed by atoms with van der Waals surface area (Å²) in [6, 6.07) is 13.3. The molecule has 0 bridgehead atoms. The Morgan fingerprint density at radius 2 is 2.00 bits per heavy atom. The smallest absolute Gasteiger partial charge is 0.0320 e. The average molecular weight is 231 g/mol. The zero-order valence-corrected chi connectivity index (χ0v) is 10.3. The minimum Gasteiger partial charge on any atom is -0.313 e. The Bertz CT molecular complexity index is 394. The molecule has 0 saturated heterocycles. The van der Waals surface area contributed by atoms with E-state index < -0.39 is 0 Å². The lowest BCUT2D eigenvalue weighted by Crippen LogP contribution is -2.16. The van der Waals surface area contributed by atoms with Crippen LogP contribution in [0.25, 0.3) is 0 Å². The van der Waals surface area contributed by atoms with Gasteiger partial charge >= 0.3 is 0 Å². The van der Waals surface area contributed by atoms with Gasteiger partial charge in [-0.05, 0) is 47.8 Å². The van der Waals surface area contributed by atoms with Gasteiger partial charge in [-0.2, -0.15) is 11.3 Å². The fourth-order valence-electron chi connectivity index (χ4n) is 1.91. The molecule has 0 aliphatic rings. The average Bonchev–Trinajstić information content (AvgIpc) is 2.84. The third kappa shape index (κ3) is 2.94. The molecule has 84 valence electrons. The molecule has 16 heavy (non-hydrogen) atoms. The van der Waals surface area contributed by atoms with Gasteiger partial charge in [0.25, 0.3) is 0 Å². The van der Waals surface area contributed by atoms with Crippen molar-refractivity contribution in [2.24, 2.45) is 0 Å². The first-order valence-electron chi connectivity index (χ1n) is 5.63. The van der Waals surface area contributed by atoms with Crippen LogP contribution in [-0.4, -0.2) is 7.05 Å². The van der Waals surface area contributed by atoms with Crippen molar-refractivity contribution in [3.05, 3.63) is 58.3 Å². The highest BCUT2D eigenvalue weighted by Gasteiger charge is 2.08. The van der Waals surface area contributed by atoms with Crippen molar-refractivity contribution in [2.45, 2.75) is 18.9 Å². The highest BCUT2D eigenvalue weighted by molar-refractivity contribution is 7.07. The van der Waals surface area contributed by atoms with Crippen LogP contribution >= 0.6 is 11.3 Å². The fraction of sp³-hybridized carbons (Fsp3) is 0.286. The van der Waals surface area contributed by atoms with E-state index in [9.17, 15) is 0 Å². The van der Waals surface area contributed by atoms with Crippen LogP contribution < -0.4 is 5.32 Å². The lowest BCUT2D eigenvalue weighted by atomic mass is 10.0. The SMILES string of the molecule is CNC(CCc1ccsc1)c1ccccc1. The highest BCUT2D eigenvalue weighted by Crippen LogP contribution is 2.19. The standard InChI is InChI=1S/C14H17NS/c1-15-14(13-5-3-2-4-6-13)8-7-12-9-10-16-11-12/h2-6,9-11,14-15H,7-8H2,1H3. The van der Waals surface area contributed by atoms with E-state index >= 15 is 0 Å². The van der Waals surface area contributed by atoms with Crippen molar-refractivity contribution >= 4 is 11.3 Å². The van der Waals surface area contributed by atoms with E-state index in [4.69, 9.17) is 0 Å². The van der Waals surface area contributed by atoms with Crippen LogP contribution in [0.3, 0.4) is 0 Å². The monoisotopic (exact) mass is 231 g/mol. The molecular weight excluding hydrogens is 214 g/mol. The van der Waals surface area contributed by atoms with E-state index in [-0.39, 0.29) is 0 Å². The normalized spacial score (nSPS) is 12.6. The number of hydrogen-bond acceptors (Lipinski definition) is 2. The second-order valence-corrected chi connectivity index (χ2v) is 4.70. The van der Waals surface area contributed by atoms with Crippen LogP contribution in [0.2, 0.25) is 0 Å². The molecule has 0 radical (unpaired) electrons. The van der Waals surface area contributed by atoms with Gasteiger partial charge in [-0.1, -0.05) is 30.3 Å². The van der Waals surface area contributed by atoms with Crippen LogP contribution in [0.15, 0.2) is 47.2 Å². The van der Waals surface area contributed by atoms with Gasteiger partial charge in [0, 0.05) is 6.04 Å². The fourth-order valence-corrected chi connectivity index (χ4v) is 2.61. The molecule has 0 spiro atoms. The first kappa shape index (κ1) is 11.4. The molecule has 1 N–H and O–H groups in total. The Balaban J connectivity index is 1.96. The van der Waals surface area contributed by atoms with E-state index in [2.05, 4.69) is 52.5 Å². The summed E-state index contributed by atoms with van der Waals surface area (Å²) < 4.78 is 0. The zero-order chi connectivity index (χ0) is 11.2. The molecule has 0 aliphatic carbocycles. The summed E-state index contributed by atoms with van der Waals surface area (Å²) in [6.07, 6.45) is 2.29. The Labute approximate surface area is 101 Å². The Morgan fingerprint density at radius 3 is 2.62 bits per heavy atom. The van der Waals surface area contributed by atoms with Gasteiger partial charge in [0.05, 0.1) is 0 Å². The summed E-state index contributed by atoms with van der Waals surface area (Å²) in [5, 5.41) is 7.76. The minimum atomic E-state index is 0.459. The van der Waals surface area contributed by atoms with Crippen molar-refractivity contribution in [2.75, 3.05) is 7.05 Å². The molecule has 1 unspecified atom stereocenters. The van der Waals surface area contributed by atoms with Crippen molar-refractivity contribution in [3.63, 3.8) is 0 Å². The third-order valence-electron chi connectivity index (χ3n) is 2.85. The van der Waals surface area contributed by atoms with Crippen molar-refractivity contribution in [1.29, 1.82) is 0 Å². The molecule has 0 aliphatic heterocycles. The van der Waals surface area contributed by atoms with Gasteiger partial charge in [0.1, 0.15) is 0 Å². The van der Waals surface area contributed by atoms with Gasteiger partial charge < -0.3 is 5.32 Å². The van der Waals surface area contributed by atoms with Gasteiger partial charge in [-0.3, -0.25) is 0 Å². The Hall–Kier alpha value is -1.12. The van der Waals surface area contributed by atoms with Crippen molar-refractivity contribution < 1.29 is 0 Å². The van der Waals surface area contributed by atoms with Crippen LogP contribution in [-0.2, 0) is 6.42 Å². The topological polar surface area (TPSA) is 12.0 Å². The first-order chi connectivity index (χ1) is 7.90. The quantitative estimate of drug-likeness (QED) is 0.828. The van der Waals surface area contributed by atoms with E-state index in [1.807, 2.05) is 7.05 Å². The van der Waals surface area contributed by atoms with Crippen LogP contribution in [0.4, 0.5) is 0 Å². The number of rotatable bonds is 5. The Kier molecular flexibility index (Phi) is 4.14. The third-order valence-corrected chi connectivity index (χ3v) is 3.58. The molecule has 1 heterocycles. The van der Waals surface area contributed by atoms with Crippen LogP contribution in [0.1, 0.15) is 23.6 Å². The first-order valence-corrected chi connectivity index (χ1v) is 6.57. The maximum absolute atomic E-state index is 3.38. The molecule has 2 heteroatoms. The second-order valence-electron chi connectivity index (χ2n) is 3.92. The second kappa shape index (κ2) is 5.83. The van der Waals surface area contributed by atoms with Gasteiger partial charge in [0.2, 0.25) is 0 Å². The summed E-state index contributed by atoms with van der Waals surface area (Å²) in [6.45, 7) is 0. The molecule has 0 amide bonds. The molecule has 2 rings (SSSR count). The Morgan fingerprint density at radius 1 is 1.19 bits per heavy atom. The summed E-state index contributed by atoms with van der Waals surface area (Å²) in [5.41, 5.74) is 2.82. The largest absolute Gasteiger partial charge is 0.313 e. The van der Waals surface area contributed by atoms with Gasteiger partial charge in [-0.15, -0.1) is 0 Å². The lowest BCUT2D eigenvalue weighted by Gasteiger charge is -2.16. The number of nitrogens with one attached hydrogen (secondary N) is 1. The molecule has 0 saturated carbocycles. The van der Waals surface area contributed by atoms with Crippen molar-refractivity contribution in [3.8, 4) is 0 Å². The molecule has 2 aromatic rings. The molecule has 1 aromatic carbocycles. The molecule has 0 fully saturated rings. The van der Waals surface area contributed by atoms with Gasteiger partial charge in [-0.25, -0.2) is 0 Å². The predicted molar refractivity (Wildman–Crippen MR) is 70.9 cm³/mol. The van der Waals surface area contributed by atoms with Crippen LogP contribution in [0, 0.1) is 0 Å². The highest BCUT2D eigenvalue weighted by atomic mass is 32.1. The summed E-state index contributed by atoms with van der Waals surface area (Å²) in [4.78, 5) is 0.